The molecule has 33 heavy (non-hydrogen) atoms. The van der Waals surface area contributed by atoms with Gasteiger partial charge >= 0.3 is 0 Å². The third-order valence-corrected chi connectivity index (χ3v) is 7.69. The maximum absolute atomic E-state index is 13.4. The molecule has 0 bridgehead atoms. The lowest BCUT2D eigenvalue weighted by atomic mass is 9.96. The number of amides is 2. The van der Waals surface area contributed by atoms with E-state index < -0.39 is 0 Å². The zero-order valence-electron chi connectivity index (χ0n) is 19.1. The van der Waals surface area contributed by atoms with E-state index in [2.05, 4.69) is 46.1 Å². The third kappa shape index (κ3) is 3.23. The molecule has 2 aliphatic heterocycles. The molecule has 1 fully saturated rings. The molecule has 0 unspecified atom stereocenters. The van der Waals surface area contributed by atoms with Gasteiger partial charge < -0.3 is 19.7 Å². The first-order valence-corrected chi connectivity index (χ1v) is 12.2. The number of aromatic nitrogens is 1. The van der Waals surface area contributed by atoms with Crippen LogP contribution in [0.3, 0.4) is 0 Å². The number of nitrogens with zero attached hydrogens (tertiary/aromatic N) is 3. The second-order valence-electron chi connectivity index (χ2n) is 9.58. The molecule has 1 atom stereocenters. The molecule has 1 aliphatic carbocycles. The van der Waals surface area contributed by atoms with Crippen molar-refractivity contribution in [1.82, 2.24) is 14.8 Å². The highest BCUT2D eigenvalue weighted by Gasteiger charge is 2.42. The van der Waals surface area contributed by atoms with Gasteiger partial charge in [-0.15, -0.1) is 0 Å². The van der Waals surface area contributed by atoms with Crippen LogP contribution in [0.15, 0.2) is 48.5 Å². The molecular weight excluding hydrogens is 412 g/mol. The van der Waals surface area contributed by atoms with Crippen molar-refractivity contribution in [3.8, 4) is 0 Å². The lowest BCUT2D eigenvalue weighted by molar-refractivity contribution is -0.122. The highest BCUT2D eigenvalue weighted by molar-refractivity contribution is 6.02. The van der Waals surface area contributed by atoms with Crippen LogP contribution in [0, 0.1) is 0 Å². The van der Waals surface area contributed by atoms with Crippen molar-refractivity contribution in [2.75, 3.05) is 18.5 Å². The molecule has 170 valence electrons. The molecule has 1 N–H and O–H groups in total. The van der Waals surface area contributed by atoms with Crippen LogP contribution in [-0.4, -0.2) is 40.9 Å². The van der Waals surface area contributed by atoms with Crippen LogP contribution >= 0.6 is 0 Å². The van der Waals surface area contributed by atoms with E-state index in [1.807, 2.05) is 29.2 Å². The molecule has 0 saturated heterocycles. The van der Waals surface area contributed by atoms with Gasteiger partial charge in [0.2, 0.25) is 5.91 Å². The van der Waals surface area contributed by atoms with Gasteiger partial charge in [0.1, 0.15) is 6.17 Å². The molecule has 0 spiro atoms. The third-order valence-electron chi connectivity index (χ3n) is 7.69. The Hall–Kier alpha value is -3.28. The standard InChI is InChI=1S/C27H30N4O2/c1-29-22-12-6-5-11-21(22)27(33)31-16-14-20-19-10-4-7-13-23(19)30(25(20)26(29)31)17-15-24(32)28-18-8-2-3-9-18/h4-7,10-13,18,26H,2-3,8-9,14-17H2,1H3,(H,28,32)/t26-/m1/s1. The van der Waals surface area contributed by atoms with E-state index in [4.69, 9.17) is 0 Å². The number of benzene rings is 2. The highest BCUT2D eigenvalue weighted by Crippen LogP contribution is 2.44. The largest absolute Gasteiger partial charge is 0.353 e. The molecule has 6 rings (SSSR count). The molecule has 1 saturated carbocycles. The first-order chi connectivity index (χ1) is 16.1. The minimum absolute atomic E-state index is 0.0927. The number of rotatable bonds is 4. The fourth-order valence-corrected chi connectivity index (χ4v) is 6.13. The molecule has 6 nitrogen and oxygen atoms in total. The normalized spacial score (nSPS) is 20.0. The first kappa shape index (κ1) is 20.3. The summed E-state index contributed by atoms with van der Waals surface area (Å²) in [5.74, 6) is 0.217. The van der Waals surface area contributed by atoms with Crippen molar-refractivity contribution in [2.45, 2.75) is 57.3 Å². The van der Waals surface area contributed by atoms with Gasteiger partial charge in [-0.1, -0.05) is 43.2 Å². The molecule has 3 heterocycles. The fraction of sp³-hybridized carbons (Fsp3) is 0.407. The summed E-state index contributed by atoms with van der Waals surface area (Å²) in [7, 11) is 2.08. The molecule has 2 amide bonds. The van der Waals surface area contributed by atoms with E-state index in [1.165, 1.54) is 23.8 Å². The molecule has 6 heteroatoms. The van der Waals surface area contributed by atoms with Crippen LogP contribution in [0.4, 0.5) is 5.69 Å². The van der Waals surface area contributed by atoms with Gasteiger partial charge in [0.05, 0.1) is 16.9 Å². The molecular formula is C27H30N4O2. The van der Waals surface area contributed by atoms with Gasteiger partial charge in [-0.2, -0.15) is 0 Å². The lowest BCUT2D eigenvalue weighted by Gasteiger charge is -2.46. The minimum Gasteiger partial charge on any atom is -0.353 e. The van der Waals surface area contributed by atoms with E-state index >= 15 is 0 Å². The predicted molar refractivity (Wildman–Crippen MR) is 129 cm³/mol. The summed E-state index contributed by atoms with van der Waals surface area (Å²) in [6, 6.07) is 16.7. The predicted octanol–water partition coefficient (Wildman–Crippen LogP) is 4.24. The van der Waals surface area contributed by atoms with Crippen molar-refractivity contribution >= 4 is 28.4 Å². The Bertz CT molecular complexity index is 1240. The Morgan fingerprint density at radius 2 is 1.82 bits per heavy atom. The Morgan fingerprint density at radius 3 is 2.67 bits per heavy atom. The molecule has 2 aromatic carbocycles. The summed E-state index contributed by atoms with van der Waals surface area (Å²) >= 11 is 0. The summed E-state index contributed by atoms with van der Waals surface area (Å²) in [6.07, 6.45) is 5.72. The number of anilines is 1. The average Bonchev–Trinajstić information content (AvgIpc) is 3.46. The van der Waals surface area contributed by atoms with Crippen LogP contribution < -0.4 is 10.2 Å². The van der Waals surface area contributed by atoms with Crippen LogP contribution in [-0.2, 0) is 17.8 Å². The van der Waals surface area contributed by atoms with Crippen molar-refractivity contribution in [3.05, 3.63) is 65.4 Å². The smallest absolute Gasteiger partial charge is 0.257 e. The fourth-order valence-electron chi connectivity index (χ4n) is 6.13. The second kappa shape index (κ2) is 7.94. The number of aryl methyl sites for hydroxylation is 1. The zero-order chi connectivity index (χ0) is 22.5. The van der Waals surface area contributed by atoms with Crippen LogP contribution in [0.1, 0.15) is 59.9 Å². The number of hydrogen-bond donors (Lipinski definition) is 1. The number of carbonyl (C=O) groups excluding carboxylic acids is 2. The molecule has 1 aromatic heterocycles. The van der Waals surface area contributed by atoms with Gasteiger partial charge in [0.15, 0.2) is 0 Å². The van der Waals surface area contributed by atoms with E-state index in [1.54, 1.807) is 0 Å². The number of carbonyl (C=O) groups is 2. The van der Waals surface area contributed by atoms with Crippen molar-refractivity contribution in [3.63, 3.8) is 0 Å². The number of nitrogens with one attached hydrogen (secondary N) is 1. The highest BCUT2D eigenvalue weighted by atomic mass is 16.2. The summed E-state index contributed by atoms with van der Waals surface area (Å²) < 4.78 is 2.30. The zero-order valence-corrected chi connectivity index (χ0v) is 19.1. The van der Waals surface area contributed by atoms with Gasteiger partial charge in [-0.05, 0) is 43.0 Å². The van der Waals surface area contributed by atoms with E-state index in [9.17, 15) is 9.59 Å². The molecule has 3 aromatic rings. The van der Waals surface area contributed by atoms with Crippen molar-refractivity contribution in [2.24, 2.45) is 0 Å². The summed E-state index contributed by atoms with van der Waals surface area (Å²) in [6.45, 7) is 1.31. The summed E-state index contributed by atoms with van der Waals surface area (Å²) in [4.78, 5) is 30.4. The Kier molecular flexibility index (Phi) is 4.89. The van der Waals surface area contributed by atoms with Crippen LogP contribution in [0.25, 0.3) is 10.9 Å². The van der Waals surface area contributed by atoms with Gasteiger partial charge in [0, 0.05) is 43.5 Å². The van der Waals surface area contributed by atoms with Crippen molar-refractivity contribution in [1.29, 1.82) is 0 Å². The minimum atomic E-state index is -0.165. The summed E-state index contributed by atoms with van der Waals surface area (Å²) in [5, 5.41) is 4.47. The first-order valence-electron chi connectivity index (χ1n) is 12.2. The van der Waals surface area contributed by atoms with Crippen LogP contribution in [0.5, 0.6) is 0 Å². The number of fused-ring (bicyclic) bond motifs is 6. The number of hydrogen-bond acceptors (Lipinski definition) is 3. The lowest BCUT2D eigenvalue weighted by Crippen LogP contribution is -2.51. The van der Waals surface area contributed by atoms with E-state index in [0.29, 0.717) is 25.6 Å². The SMILES string of the molecule is CN1c2ccccc2C(=O)N2CCc3c(n(CCC(=O)NC4CCCC4)c4ccccc34)[C@@H]21. The topological polar surface area (TPSA) is 57.6 Å². The average molecular weight is 443 g/mol. The molecule has 3 aliphatic rings. The Morgan fingerprint density at radius 1 is 1.06 bits per heavy atom. The number of para-hydroxylation sites is 2. The Balaban J connectivity index is 1.40. The van der Waals surface area contributed by atoms with Crippen LogP contribution in [0.2, 0.25) is 0 Å². The van der Waals surface area contributed by atoms with Gasteiger partial charge in [0.25, 0.3) is 5.91 Å². The quantitative estimate of drug-likeness (QED) is 0.658. The van der Waals surface area contributed by atoms with E-state index in [0.717, 1.165) is 41.7 Å². The Labute approximate surface area is 194 Å². The molecule has 0 radical (unpaired) electrons. The summed E-state index contributed by atoms with van der Waals surface area (Å²) in [5.41, 5.74) is 5.34. The monoisotopic (exact) mass is 442 g/mol. The maximum Gasteiger partial charge on any atom is 0.257 e. The second-order valence-corrected chi connectivity index (χ2v) is 9.58. The van der Waals surface area contributed by atoms with E-state index in [-0.39, 0.29) is 18.0 Å². The maximum atomic E-state index is 13.4. The van der Waals surface area contributed by atoms with Crippen molar-refractivity contribution < 1.29 is 9.59 Å². The van der Waals surface area contributed by atoms with Gasteiger partial charge in [-0.3, -0.25) is 9.59 Å². The van der Waals surface area contributed by atoms with Gasteiger partial charge in [-0.25, -0.2) is 0 Å².